The minimum absolute atomic E-state index is 0.420. The normalized spacial score (nSPS) is 14.3. The highest BCUT2D eigenvalue weighted by molar-refractivity contribution is 6.17. The SMILES string of the molecule is c1ccc(N2c3ccccc3C3(c4ccccc4-c4c3ccc3[nH]c5ccccc5c43)c3ccccc32)cc1. The van der Waals surface area contributed by atoms with Gasteiger partial charge in [0.05, 0.1) is 16.8 Å². The molecule has 1 aliphatic carbocycles. The zero-order valence-corrected chi connectivity index (χ0v) is 21.2. The Bertz CT molecular complexity index is 2040. The summed E-state index contributed by atoms with van der Waals surface area (Å²) < 4.78 is 0. The summed E-state index contributed by atoms with van der Waals surface area (Å²) >= 11 is 0. The molecule has 1 aromatic heterocycles. The van der Waals surface area contributed by atoms with Crippen LogP contribution in [0.5, 0.6) is 0 Å². The molecule has 0 bridgehead atoms. The van der Waals surface area contributed by atoms with Crippen molar-refractivity contribution in [3.8, 4) is 11.1 Å². The van der Waals surface area contributed by atoms with Crippen LogP contribution in [0.15, 0.2) is 140 Å². The van der Waals surface area contributed by atoms with E-state index in [2.05, 4.69) is 149 Å². The summed E-state index contributed by atoms with van der Waals surface area (Å²) in [5, 5.41) is 2.59. The van der Waals surface area contributed by atoms with Crippen LogP contribution in [0.4, 0.5) is 17.1 Å². The highest BCUT2D eigenvalue weighted by Gasteiger charge is 2.52. The van der Waals surface area contributed by atoms with Crippen molar-refractivity contribution in [1.29, 1.82) is 0 Å². The van der Waals surface area contributed by atoms with Crippen molar-refractivity contribution in [3.05, 3.63) is 162 Å². The van der Waals surface area contributed by atoms with Crippen LogP contribution in [0.2, 0.25) is 0 Å². The molecule has 1 N–H and O–H groups in total. The number of H-pyrrole nitrogens is 1. The Morgan fingerprint density at radius 3 is 1.85 bits per heavy atom. The largest absolute Gasteiger partial charge is 0.354 e. The van der Waals surface area contributed by atoms with Crippen molar-refractivity contribution >= 4 is 38.9 Å². The second-order valence-corrected chi connectivity index (χ2v) is 10.6. The Hall–Kier alpha value is -5.08. The average Bonchev–Trinajstić information content (AvgIpc) is 3.52. The number of hydrogen-bond acceptors (Lipinski definition) is 1. The predicted molar refractivity (Wildman–Crippen MR) is 161 cm³/mol. The lowest BCUT2D eigenvalue weighted by Gasteiger charge is -2.45. The number of aromatic nitrogens is 1. The number of anilines is 3. The minimum atomic E-state index is -0.420. The predicted octanol–water partition coefficient (Wildman–Crippen LogP) is 9.47. The molecule has 39 heavy (non-hydrogen) atoms. The molecule has 0 radical (unpaired) electrons. The smallest absolute Gasteiger partial charge is 0.0754 e. The standard InChI is InChI=1S/C37H24N2/c1-2-12-24(13-3-1)39-33-20-10-7-17-28(33)37(29-18-8-11-21-34(29)39)27-16-6-4-14-25(27)35-30(37)22-23-32-36(35)26-15-5-9-19-31(26)38-32/h1-23,38H. The summed E-state index contributed by atoms with van der Waals surface area (Å²) in [5.74, 6) is 0. The van der Waals surface area contributed by atoms with Crippen LogP contribution in [0, 0.1) is 0 Å². The molecule has 1 spiro atoms. The number of nitrogens with one attached hydrogen (secondary N) is 1. The molecule has 0 saturated carbocycles. The molecule has 1 aliphatic heterocycles. The Labute approximate surface area is 226 Å². The van der Waals surface area contributed by atoms with Gasteiger partial charge in [-0.1, -0.05) is 103 Å². The van der Waals surface area contributed by atoms with Crippen LogP contribution >= 0.6 is 0 Å². The third-order valence-electron chi connectivity index (χ3n) is 8.79. The Morgan fingerprint density at radius 2 is 1.08 bits per heavy atom. The van der Waals surface area contributed by atoms with Gasteiger partial charge in [-0.05, 0) is 69.8 Å². The molecule has 7 aromatic rings. The van der Waals surface area contributed by atoms with Gasteiger partial charge < -0.3 is 9.88 Å². The zero-order chi connectivity index (χ0) is 25.6. The second-order valence-electron chi connectivity index (χ2n) is 10.6. The van der Waals surface area contributed by atoms with E-state index in [0.717, 1.165) is 0 Å². The van der Waals surface area contributed by atoms with Gasteiger partial charge in [-0.25, -0.2) is 0 Å². The lowest BCUT2D eigenvalue weighted by atomic mass is 9.64. The Balaban J connectivity index is 1.49. The third-order valence-corrected chi connectivity index (χ3v) is 8.79. The fraction of sp³-hybridized carbons (Fsp3) is 0.0270. The van der Waals surface area contributed by atoms with E-state index in [1.807, 2.05) is 0 Å². The summed E-state index contributed by atoms with van der Waals surface area (Å²) in [5.41, 5.74) is 13.6. The van der Waals surface area contributed by atoms with Crippen molar-refractivity contribution in [3.63, 3.8) is 0 Å². The quantitative estimate of drug-likeness (QED) is 0.240. The number of para-hydroxylation sites is 4. The number of aromatic amines is 1. The Morgan fingerprint density at radius 1 is 0.462 bits per heavy atom. The molecule has 0 unspecified atom stereocenters. The maximum Gasteiger partial charge on any atom is 0.0754 e. The van der Waals surface area contributed by atoms with Crippen molar-refractivity contribution in [2.75, 3.05) is 4.90 Å². The van der Waals surface area contributed by atoms with Gasteiger partial charge in [-0.2, -0.15) is 0 Å². The van der Waals surface area contributed by atoms with Gasteiger partial charge in [0, 0.05) is 27.5 Å². The number of rotatable bonds is 1. The molecule has 9 rings (SSSR count). The van der Waals surface area contributed by atoms with Crippen LogP contribution < -0.4 is 4.90 Å². The van der Waals surface area contributed by atoms with Crippen LogP contribution in [0.1, 0.15) is 22.3 Å². The molecule has 0 saturated heterocycles. The average molecular weight is 497 g/mol. The Kier molecular flexibility index (Phi) is 4.02. The van der Waals surface area contributed by atoms with Crippen molar-refractivity contribution < 1.29 is 0 Å². The van der Waals surface area contributed by atoms with Gasteiger partial charge in [-0.3, -0.25) is 0 Å². The van der Waals surface area contributed by atoms with E-state index in [-0.39, 0.29) is 0 Å². The highest BCUT2D eigenvalue weighted by atomic mass is 15.2. The lowest BCUT2D eigenvalue weighted by molar-refractivity contribution is 0.753. The molecule has 0 fully saturated rings. The van der Waals surface area contributed by atoms with E-state index in [0.29, 0.717) is 0 Å². The second kappa shape index (κ2) is 7.49. The molecule has 0 amide bonds. The van der Waals surface area contributed by atoms with E-state index in [9.17, 15) is 0 Å². The number of hydrogen-bond donors (Lipinski definition) is 1. The van der Waals surface area contributed by atoms with Crippen molar-refractivity contribution in [2.24, 2.45) is 0 Å². The van der Waals surface area contributed by atoms with Crippen molar-refractivity contribution in [1.82, 2.24) is 4.98 Å². The summed E-state index contributed by atoms with van der Waals surface area (Å²) in [6, 6.07) is 51.1. The fourth-order valence-corrected chi connectivity index (χ4v) is 7.39. The zero-order valence-electron chi connectivity index (χ0n) is 21.2. The summed E-state index contributed by atoms with van der Waals surface area (Å²) in [6.07, 6.45) is 0. The van der Waals surface area contributed by atoms with Crippen LogP contribution in [-0.4, -0.2) is 4.98 Å². The molecular weight excluding hydrogens is 472 g/mol. The van der Waals surface area contributed by atoms with Crippen LogP contribution in [0.3, 0.4) is 0 Å². The number of fused-ring (bicyclic) bond motifs is 13. The molecule has 2 heteroatoms. The molecule has 2 aliphatic rings. The van der Waals surface area contributed by atoms with Crippen LogP contribution in [0.25, 0.3) is 32.9 Å². The van der Waals surface area contributed by atoms with E-state index in [1.165, 1.54) is 72.2 Å². The van der Waals surface area contributed by atoms with E-state index in [1.54, 1.807) is 0 Å². The summed E-state index contributed by atoms with van der Waals surface area (Å²) in [4.78, 5) is 6.12. The highest BCUT2D eigenvalue weighted by Crippen LogP contribution is 2.64. The van der Waals surface area contributed by atoms with Crippen molar-refractivity contribution in [2.45, 2.75) is 5.41 Å². The third kappa shape index (κ3) is 2.51. The van der Waals surface area contributed by atoms with Gasteiger partial charge in [0.1, 0.15) is 0 Å². The molecule has 2 nitrogen and oxygen atoms in total. The first kappa shape index (κ1) is 20.9. The molecule has 182 valence electrons. The number of nitrogens with zero attached hydrogens (tertiary/aromatic N) is 1. The first-order chi connectivity index (χ1) is 19.4. The van der Waals surface area contributed by atoms with E-state index < -0.39 is 5.41 Å². The van der Waals surface area contributed by atoms with Gasteiger partial charge in [0.15, 0.2) is 0 Å². The van der Waals surface area contributed by atoms with Gasteiger partial charge in [0.25, 0.3) is 0 Å². The summed E-state index contributed by atoms with van der Waals surface area (Å²) in [6.45, 7) is 0. The first-order valence-electron chi connectivity index (χ1n) is 13.6. The fourth-order valence-electron chi connectivity index (χ4n) is 7.39. The molecular formula is C37H24N2. The molecule has 0 atom stereocenters. The maximum atomic E-state index is 3.69. The van der Waals surface area contributed by atoms with Gasteiger partial charge >= 0.3 is 0 Å². The van der Waals surface area contributed by atoms with Gasteiger partial charge in [0.2, 0.25) is 0 Å². The minimum Gasteiger partial charge on any atom is -0.354 e. The molecule has 6 aromatic carbocycles. The number of benzene rings is 6. The lowest BCUT2D eigenvalue weighted by Crippen LogP contribution is -2.36. The van der Waals surface area contributed by atoms with E-state index >= 15 is 0 Å². The molecule has 2 heterocycles. The van der Waals surface area contributed by atoms with Gasteiger partial charge in [-0.15, -0.1) is 0 Å². The maximum absolute atomic E-state index is 3.69. The van der Waals surface area contributed by atoms with E-state index in [4.69, 9.17) is 0 Å². The topological polar surface area (TPSA) is 19.0 Å². The van der Waals surface area contributed by atoms with Crippen LogP contribution in [-0.2, 0) is 5.41 Å². The summed E-state index contributed by atoms with van der Waals surface area (Å²) in [7, 11) is 0. The first-order valence-corrected chi connectivity index (χ1v) is 13.6. The monoisotopic (exact) mass is 496 g/mol.